The Bertz CT molecular complexity index is 250. The van der Waals surface area contributed by atoms with Crippen LogP contribution in [0, 0.1) is 11.8 Å². The number of hydrogen-bond donors (Lipinski definition) is 3. The molecule has 0 aromatic carbocycles. The number of rotatable bonds is 7. The first kappa shape index (κ1) is 12.7. The van der Waals surface area contributed by atoms with E-state index in [1.54, 1.807) is 0 Å². The third-order valence-electron chi connectivity index (χ3n) is 3.68. The van der Waals surface area contributed by atoms with Crippen molar-refractivity contribution in [3.05, 3.63) is 0 Å². The van der Waals surface area contributed by atoms with E-state index in [2.05, 4.69) is 10.6 Å². The van der Waals surface area contributed by atoms with Crippen LogP contribution in [-0.4, -0.2) is 29.8 Å². The highest BCUT2D eigenvalue weighted by Crippen LogP contribution is 2.44. The molecule has 4 heteroatoms. The maximum Gasteiger partial charge on any atom is 0.315 e. The van der Waals surface area contributed by atoms with Crippen molar-refractivity contribution in [2.45, 2.75) is 57.6 Å². The van der Waals surface area contributed by atoms with E-state index in [1.807, 2.05) is 6.92 Å². The second kappa shape index (κ2) is 5.71. The number of urea groups is 1. The van der Waals surface area contributed by atoms with Crippen LogP contribution in [-0.2, 0) is 0 Å². The molecule has 3 N–H and O–H groups in total. The number of hydrogen-bond acceptors (Lipinski definition) is 2. The van der Waals surface area contributed by atoms with Crippen molar-refractivity contribution in [1.29, 1.82) is 0 Å². The number of nitrogens with one attached hydrogen (secondary N) is 2. The van der Waals surface area contributed by atoms with Crippen molar-refractivity contribution in [1.82, 2.24) is 10.6 Å². The smallest absolute Gasteiger partial charge is 0.315 e. The third kappa shape index (κ3) is 4.19. The summed E-state index contributed by atoms with van der Waals surface area (Å²) < 4.78 is 0. The molecule has 0 radical (unpaired) electrons. The van der Waals surface area contributed by atoms with Crippen LogP contribution in [0.1, 0.15) is 45.4 Å². The maximum atomic E-state index is 11.7. The van der Waals surface area contributed by atoms with Crippen LogP contribution in [0.3, 0.4) is 0 Å². The van der Waals surface area contributed by atoms with E-state index in [1.165, 1.54) is 25.7 Å². The van der Waals surface area contributed by atoms with Gasteiger partial charge in [-0.3, -0.25) is 0 Å². The average molecular weight is 240 g/mol. The van der Waals surface area contributed by atoms with Crippen LogP contribution in [0.25, 0.3) is 0 Å². The van der Waals surface area contributed by atoms with Gasteiger partial charge in [-0.25, -0.2) is 4.79 Å². The van der Waals surface area contributed by atoms with Crippen LogP contribution >= 0.6 is 0 Å². The fraction of sp³-hybridized carbons (Fsp3) is 0.923. The lowest BCUT2D eigenvalue weighted by Gasteiger charge is -2.19. The van der Waals surface area contributed by atoms with Gasteiger partial charge in [-0.15, -0.1) is 0 Å². The molecule has 2 saturated carbocycles. The van der Waals surface area contributed by atoms with Gasteiger partial charge >= 0.3 is 6.03 Å². The van der Waals surface area contributed by atoms with E-state index in [4.69, 9.17) is 0 Å². The van der Waals surface area contributed by atoms with Crippen molar-refractivity contribution >= 4 is 6.03 Å². The number of amides is 2. The Labute approximate surface area is 103 Å². The first-order valence-electron chi connectivity index (χ1n) is 6.93. The minimum Gasteiger partial charge on any atom is -0.391 e. The second-order valence-corrected chi connectivity index (χ2v) is 5.50. The zero-order chi connectivity index (χ0) is 12.3. The lowest BCUT2D eigenvalue weighted by atomic mass is 10.1. The quantitative estimate of drug-likeness (QED) is 0.633. The van der Waals surface area contributed by atoms with Gasteiger partial charge in [0.1, 0.15) is 0 Å². The molecule has 17 heavy (non-hydrogen) atoms. The Balaban J connectivity index is 1.65. The molecule has 1 atom stereocenters. The summed E-state index contributed by atoms with van der Waals surface area (Å²) in [5.74, 6) is 1.43. The van der Waals surface area contributed by atoms with Gasteiger partial charge < -0.3 is 15.7 Å². The van der Waals surface area contributed by atoms with E-state index in [0.29, 0.717) is 24.4 Å². The summed E-state index contributed by atoms with van der Waals surface area (Å²) in [6, 6.07) is 0.280. The first-order valence-corrected chi connectivity index (χ1v) is 6.93. The molecule has 0 heterocycles. The molecular weight excluding hydrogens is 216 g/mol. The van der Waals surface area contributed by atoms with Gasteiger partial charge in [0, 0.05) is 12.6 Å². The van der Waals surface area contributed by atoms with E-state index in [0.717, 1.165) is 12.8 Å². The fourth-order valence-corrected chi connectivity index (χ4v) is 2.38. The van der Waals surface area contributed by atoms with Crippen LogP contribution < -0.4 is 10.6 Å². The van der Waals surface area contributed by atoms with Gasteiger partial charge in [-0.2, -0.15) is 0 Å². The largest absolute Gasteiger partial charge is 0.391 e. The molecule has 2 aliphatic carbocycles. The summed E-state index contributed by atoms with van der Waals surface area (Å²) >= 11 is 0. The van der Waals surface area contributed by atoms with Crippen molar-refractivity contribution in [2.24, 2.45) is 11.8 Å². The molecule has 0 aromatic rings. The second-order valence-electron chi connectivity index (χ2n) is 5.50. The third-order valence-corrected chi connectivity index (χ3v) is 3.68. The van der Waals surface area contributed by atoms with E-state index in [9.17, 15) is 9.90 Å². The van der Waals surface area contributed by atoms with Crippen molar-refractivity contribution < 1.29 is 9.90 Å². The van der Waals surface area contributed by atoms with Gasteiger partial charge in [0.25, 0.3) is 0 Å². The highest BCUT2D eigenvalue weighted by atomic mass is 16.3. The maximum absolute atomic E-state index is 11.7. The topological polar surface area (TPSA) is 61.4 Å². The van der Waals surface area contributed by atoms with Gasteiger partial charge in [0.15, 0.2) is 0 Å². The molecule has 2 rings (SSSR count). The molecule has 0 spiro atoms. The van der Waals surface area contributed by atoms with Gasteiger partial charge in [-0.1, -0.05) is 13.3 Å². The molecule has 98 valence electrons. The van der Waals surface area contributed by atoms with E-state index < -0.39 is 6.10 Å². The molecule has 1 unspecified atom stereocenters. The molecule has 0 saturated heterocycles. The van der Waals surface area contributed by atoms with Crippen molar-refractivity contribution in [3.63, 3.8) is 0 Å². The first-order chi connectivity index (χ1) is 8.20. The zero-order valence-electron chi connectivity index (χ0n) is 10.6. The molecule has 4 nitrogen and oxygen atoms in total. The Hall–Kier alpha value is -0.770. The van der Waals surface area contributed by atoms with Gasteiger partial charge in [-0.05, 0) is 43.9 Å². The zero-order valence-corrected chi connectivity index (χ0v) is 10.6. The molecule has 2 fully saturated rings. The molecule has 2 amide bonds. The van der Waals surface area contributed by atoms with Crippen LogP contribution in [0.5, 0.6) is 0 Å². The molecule has 0 bridgehead atoms. The van der Waals surface area contributed by atoms with Crippen molar-refractivity contribution in [2.75, 3.05) is 6.54 Å². The van der Waals surface area contributed by atoms with Crippen molar-refractivity contribution in [3.8, 4) is 0 Å². The summed E-state index contributed by atoms with van der Waals surface area (Å²) in [6.07, 6.45) is 6.33. The Morgan fingerprint density at radius 2 is 1.88 bits per heavy atom. The summed E-state index contributed by atoms with van der Waals surface area (Å²) in [5.41, 5.74) is 0. The fourth-order valence-electron chi connectivity index (χ4n) is 2.38. The molecule has 0 aromatic heterocycles. The SMILES string of the molecule is CCCC(O)CNC(=O)NC(C1CC1)C1CC1. The average Bonchev–Trinajstić information content (AvgIpc) is 3.17. The summed E-state index contributed by atoms with van der Waals surface area (Å²) in [4.78, 5) is 11.7. The number of carbonyl (C=O) groups is 1. The van der Waals surface area contributed by atoms with Crippen LogP contribution in [0.2, 0.25) is 0 Å². The minimum absolute atomic E-state index is 0.107. The molecule has 0 aliphatic heterocycles. The summed E-state index contributed by atoms with van der Waals surface area (Å²) in [7, 11) is 0. The van der Waals surface area contributed by atoms with Crippen LogP contribution in [0.15, 0.2) is 0 Å². The van der Waals surface area contributed by atoms with Gasteiger partial charge in [0.05, 0.1) is 6.10 Å². The normalized spacial score (nSPS) is 21.4. The predicted octanol–water partition coefficient (Wildman–Crippen LogP) is 1.64. The Morgan fingerprint density at radius 3 is 2.35 bits per heavy atom. The van der Waals surface area contributed by atoms with Crippen LogP contribution in [0.4, 0.5) is 4.79 Å². The monoisotopic (exact) mass is 240 g/mol. The summed E-state index contributed by atoms with van der Waals surface area (Å²) in [5, 5.41) is 15.4. The summed E-state index contributed by atoms with van der Waals surface area (Å²) in [6.45, 7) is 2.39. The lowest BCUT2D eigenvalue weighted by Crippen LogP contribution is -2.46. The number of aliphatic hydroxyl groups is 1. The van der Waals surface area contributed by atoms with Gasteiger partial charge in [0.2, 0.25) is 0 Å². The highest BCUT2D eigenvalue weighted by Gasteiger charge is 2.42. The van der Waals surface area contributed by atoms with E-state index in [-0.39, 0.29) is 6.03 Å². The van der Waals surface area contributed by atoms with E-state index >= 15 is 0 Å². The molecular formula is C13H24N2O2. The number of carbonyl (C=O) groups excluding carboxylic acids is 1. The Morgan fingerprint density at radius 1 is 1.29 bits per heavy atom. The minimum atomic E-state index is -0.411. The number of aliphatic hydroxyl groups excluding tert-OH is 1. The Kier molecular flexibility index (Phi) is 4.26. The highest BCUT2D eigenvalue weighted by molar-refractivity contribution is 5.74. The standard InChI is InChI=1S/C13H24N2O2/c1-2-3-11(16)8-14-13(17)15-12(9-4-5-9)10-6-7-10/h9-12,16H,2-8H2,1H3,(H2,14,15,17). The molecule has 2 aliphatic rings. The predicted molar refractivity (Wildman–Crippen MR) is 66.7 cm³/mol. The lowest BCUT2D eigenvalue weighted by molar-refractivity contribution is 0.159.